The molecule has 1 fully saturated rings. The van der Waals surface area contributed by atoms with Gasteiger partial charge in [0.25, 0.3) is 0 Å². The highest BCUT2D eigenvalue weighted by molar-refractivity contribution is 6.30. The average Bonchev–Trinajstić information content (AvgIpc) is 2.67. The minimum Gasteiger partial charge on any atom is -0.493 e. The molecule has 1 heterocycles. The van der Waals surface area contributed by atoms with E-state index in [1.807, 2.05) is 24.3 Å². The summed E-state index contributed by atoms with van der Waals surface area (Å²) in [6.45, 7) is 4.36. The van der Waals surface area contributed by atoms with Crippen molar-refractivity contribution in [2.45, 2.75) is 32.4 Å². The molecule has 0 aliphatic carbocycles. The van der Waals surface area contributed by atoms with E-state index in [1.54, 1.807) is 13.2 Å². The van der Waals surface area contributed by atoms with Gasteiger partial charge in [0.05, 0.1) is 20.3 Å². The molecule has 1 aliphatic heterocycles. The van der Waals surface area contributed by atoms with Gasteiger partial charge >= 0.3 is 0 Å². The third kappa shape index (κ3) is 5.40. The molecule has 0 unspecified atom stereocenters. The fraction of sp³-hybridized carbons (Fsp3) is 0.409. The Bertz CT molecular complexity index is 798. The number of benzene rings is 2. The van der Waals surface area contributed by atoms with Crippen LogP contribution in [0.1, 0.15) is 24.5 Å². The minimum absolute atomic E-state index is 0.0391. The molecule has 0 saturated carbocycles. The molecule has 6 heteroatoms. The van der Waals surface area contributed by atoms with Crippen LogP contribution in [0.25, 0.3) is 0 Å². The highest BCUT2D eigenvalue weighted by Crippen LogP contribution is 2.35. The van der Waals surface area contributed by atoms with Crippen molar-refractivity contribution in [1.29, 1.82) is 0 Å². The lowest BCUT2D eigenvalue weighted by molar-refractivity contribution is -0.125. The Hall–Kier alpha value is -2.24. The number of hydrogen-bond donors (Lipinski definition) is 1. The fourth-order valence-corrected chi connectivity index (χ4v) is 3.76. The molecule has 1 amide bonds. The molecule has 0 aromatic heterocycles. The predicted octanol–water partition coefficient (Wildman–Crippen LogP) is 3.68. The Kier molecular flexibility index (Phi) is 7.18. The molecule has 0 spiro atoms. The zero-order chi connectivity index (χ0) is 19.9. The summed E-state index contributed by atoms with van der Waals surface area (Å²) in [7, 11) is 1.61. The summed E-state index contributed by atoms with van der Waals surface area (Å²) in [5.41, 5.74) is 2.15. The molecule has 1 saturated heterocycles. The van der Waals surface area contributed by atoms with E-state index in [-0.39, 0.29) is 11.9 Å². The second kappa shape index (κ2) is 9.80. The number of amides is 1. The van der Waals surface area contributed by atoms with Crippen LogP contribution in [0.15, 0.2) is 42.5 Å². The van der Waals surface area contributed by atoms with E-state index in [9.17, 15) is 4.79 Å². The van der Waals surface area contributed by atoms with Gasteiger partial charge in [-0.25, -0.2) is 0 Å². The Balaban J connectivity index is 1.76. The first kappa shape index (κ1) is 20.5. The van der Waals surface area contributed by atoms with E-state index in [1.165, 1.54) is 5.56 Å². The summed E-state index contributed by atoms with van der Waals surface area (Å²) in [6.07, 6.45) is 1.71. The topological polar surface area (TPSA) is 50.8 Å². The van der Waals surface area contributed by atoms with Crippen molar-refractivity contribution in [2.75, 3.05) is 26.8 Å². The third-order valence-electron chi connectivity index (χ3n) is 4.70. The number of nitrogens with zero attached hydrogens (tertiary/aromatic N) is 1. The van der Waals surface area contributed by atoms with E-state index in [2.05, 4.69) is 29.3 Å². The maximum absolute atomic E-state index is 12.3. The first-order valence-electron chi connectivity index (χ1n) is 9.64. The van der Waals surface area contributed by atoms with Crippen LogP contribution in [0.5, 0.6) is 11.5 Å². The van der Waals surface area contributed by atoms with Crippen LogP contribution in [-0.4, -0.2) is 43.7 Å². The summed E-state index contributed by atoms with van der Waals surface area (Å²) in [5.74, 6) is 1.37. The molecule has 2 aromatic carbocycles. The Morgan fingerprint density at radius 1 is 1.25 bits per heavy atom. The maximum Gasteiger partial charge on any atom is 0.234 e. The van der Waals surface area contributed by atoms with Gasteiger partial charge in [-0.05, 0) is 24.5 Å². The van der Waals surface area contributed by atoms with Crippen LogP contribution in [0.2, 0.25) is 5.02 Å². The number of hydrogen-bond acceptors (Lipinski definition) is 4. The number of rotatable bonds is 8. The van der Waals surface area contributed by atoms with Crippen LogP contribution in [-0.2, 0) is 17.8 Å². The quantitative estimate of drug-likeness (QED) is 0.731. The highest BCUT2D eigenvalue weighted by Gasteiger charge is 2.26. The SMILES string of the molecule is CCCOc1c(CN2CC(=O)N[C@@H](Cc3ccccc3)C2)cc(Cl)cc1OC. The normalized spacial score (nSPS) is 17.2. The van der Waals surface area contributed by atoms with Crippen molar-refractivity contribution in [3.8, 4) is 11.5 Å². The van der Waals surface area contributed by atoms with E-state index < -0.39 is 0 Å². The second-order valence-corrected chi connectivity index (χ2v) is 7.50. The van der Waals surface area contributed by atoms with Crippen molar-refractivity contribution >= 4 is 17.5 Å². The molecule has 5 nitrogen and oxygen atoms in total. The minimum atomic E-state index is 0.0391. The Morgan fingerprint density at radius 3 is 2.75 bits per heavy atom. The van der Waals surface area contributed by atoms with E-state index >= 15 is 0 Å². The fourth-order valence-electron chi connectivity index (χ4n) is 3.53. The van der Waals surface area contributed by atoms with Gasteiger partial charge in [-0.3, -0.25) is 9.69 Å². The van der Waals surface area contributed by atoms with Gasteiger partial charge in [-0.2, -0.15) is 0 Å². The molecule has 0 bridgehead atoms. The molecule has 1 atom stereocenters. The third-order valence-corrected chi connectivity index (χ3v) is 4.91. The van der Waals surface area contributed by atoms with Crippen molar-refractivity contribution < 1.29 is 14.3 Å². The summed E-state index contributed by atoms with van der Waals surface area (Å²) in [6, 6.07) is 13.9. The molecule has 150 valence electrons. The number of methoxy groups -OCH3 is 1. The first-order valence-corrected chi connectivity index (χ1v) is 10.0. The smallest absolute Gasteiger partial charge is 0.234 e. The van der Waals surface area contributed by atoms with E-state index in [0.717, 1.165) is 24.9 Å². The van der Waals surface area contributed by atoms with Gasteiger partial charge in [0, 0.05) is 35.8 Å². The van der Waals surface area contributed by atoms with Crippen LogP contribution < -0.4 is 14.8 Å². The molecule has 3 rings (SSSR count). The lowest BCUT2D eigenvalue weighted by Gasteiger charge is -2.33. The summed E-state index contributed by atoms with van der Waals surface area (Å²) >= 11 is 6.28. The largest absolute Gasteiger partial charge is 0.493 e. The molecule has 2 aromatic rings. The van der Waals surface area contributed by atoms with Crippen molar-refractivity contribution in [1.82, 2.24) is 10.2 Å². The van der Waals surface area contributed by atoms with Crippen LogP contribution in [0.4, 0.5) is 0 Å². The van der Waals surface area contributed by atoms with Gasteiger partial charge in [-0.15, -0.1) is 0 Å². The van der Waals surface area contributed by atoms with Crippen LogP contribution >= 0.6 is 11.6 Å². The van der Waals surface area contributed by atoms with Crippen molar-refractivity contribution in [2.24, 2.45) is 0 Å². The average molecular weight is 403 g/mol. The summed E-state index contributed by atoms with van der Waals surface area (Å²) in [5, 5.41) is 3.70. The Labute approximate surface area is 171 Å². The van der Waals surface area contributed by atoms with Crippen LogP contribution in [0.3, 0.4) is 0 Å². The highest BCUT2D eigenvalue weighted by atomic mass is 35.5. The molecular formula is C22H27ClN2O3. The van der Waals surface area contributed by atoms with Gasteiger partial charge < -0.3 is 14.8 Å². The number of piperazine rings is 1. The number of halogens is 1. The van der Waals surface area contributed by atoms with Gasteiger partial charge in [0.1, 0.15) is 0 Å². The van der Waals surface area contributed by atoms with E-state index in [4.69, 9.17) is 21.1 Å². The van der Waals surface area contributed by atoms with Gasteiger partial charge in [0.15, 0.2) is 11.5 Å². The van der Waals surface area contributed by atoms with Gasteiger partial charge in [0.2, 0.25) is 5.91 Å². The van der Waals surface area contributed by atoms with Crippen molar-refractivity contribution in [3.05, 3.63) is 58.6 Å². The zero-order valence-corrected chi connectivity index (χ0v) is 17.2. The molecule has 28 heavy (non-hydrogen) atoms. The number of ether oxygens (including phenoxy) is 2. The van der Waals surface area contributed by atoms with Crippen molar-refractivity contribution in [3.63, 3.8) is 0 Å². The van der Waals surface area contributed by atoms with E-state index in [0.29, 0.717) is 36.2 Å². The lowest BCUT2D eigenvalue weighted by Crippen LogP contribution is -2.54. The number of carbonyl (C=O) groups excluding carboxylic acids is 1. The standard InChI is InChI=1S/C22H27ClN2O3/c1-3-9-28-22-17(11-18(23)12-20(22)27-2)13-25-14-19(24-21(26)15-25)10-16-7-5-4-6-8-16/h4-8,11-12,19H,3,9-10,13-15H2,1-2H3,(H,24,26)/t19-/m0/s1. The second-order valence-electron chi connectivity index (χ2n) is 7.07. The molecular weight excluding hydrogens is 376 g/mol. The first-order chi connectivity index (χ1) is 13.6. The lowest BCUT2D eigenvalue weighted by atomic mass is 10.0. The van der Waals surface area contributed by atoms with Crippen LogP contribution in [0, 0.1) is 0 Å². The number of carbonyl (C=O) groups is 1. The maximum atomic E-state index is 12.3. The number of nitrogens with one attached hydrogen (secondary N) is 1. The molecule has 0 radical (unpaired) electrons. The molecule has 1 aliphatic rings. The Morgan fingerprint density at radius 2 is 2.04 bits per heavy atom. The zero-order valence-electron chi connectivity index (χ0n) is 16.4. The monoisotopic (exact) mass is 402 g/mol. The predicted molar refractivity (Wildman–Crippen MR) is 111 cm³/mol. The summed E-state index contributed by atoms with van der Waals surface area (Å²) < 4.78 is 11.4. The molecule has 1 N–H and O–H groups in total. The summed E-state index contributed by atoms with van der Waals surface area (Å²) in [4.78, 5) is 14.4. The van der Waals surface area contributed by atoms with Gasteiger partial charge in [-0.1, -0.05) is 48.9 Å².